The normalized spacial score (nSPS) is 15.9. The van der Waals surface area contributed by atoms with Crippen LogP contribution in [0.4, 0.5) is 11.4 Å². The van der Waals surface area contributed by atoms with Crippen LogP contribution in [0.5, 0.6) is 0 Å². The van der Waals surface area contributed by atoms with Crippen LogP contribution in [0.25, 0.3) is 0 Å². The van der Waals surface area contributed by atoms with Crippen LogP contribution < -0.4 is 16.4 Å². The molecule has 19 heavy (non-hydrogen) atoms. The lowest BCUT2D eigenvalue weighted by molar-refractivity contribution is 0.0956. The van der Waals surface area contributed by atoms with Crippen molar-refractivity contribution in [3.05, 3.63) is 23.8 Å². The molecule has 1 aromatic carbocycles. The minimum Gasteiger partial charge on any atom is -0.397 e. The number of carbonyl (C=O) groups is 1. The fraction of sp³-hybridized carbons (Fsp3) is 0.533. The monoisotopic (exact) mass is 261 g/mol. The van der Waals surface area contributed by atoms with Crippen LogP contribution in [0.15, 0.2) is 18.2 Å². The molecular formula is C15H23N3O. The Balaban J connectivity index is 2.05. The van der Waals surface area contributed by atoms with E-state index in [0.717, 1.165) is 11.6 Å². The Hall–Kier alpha value is -1.71. The van der Waals surface area contributed by atoms with E-state index in [4.69, 9.17) is 5.73 Å². The number of carbonyl (C=O) groups excluding carboxylic acids is 1. The van der Waals surface area contributed by atoms with Crippen molar-refractivity contribution in [2.75, 3.05) is 17.6 Å². The Labute approximate surface area is 114 Å². The maximum atomic E-state index is 11.8. The van der Waals surface area contributed by atoms with Crippen LogP contribution >= 0.6 is 0 Å². The van der Waals surface area contributed by atoms with E-state index >= 15 is 0 Å². The van der Waals surface area contributed by atoms with Crippen molar-refractivity contribution in [2.45, 2.75) is 39.2 Å². The van der Waals surface area contributed by atoms with Crippen molar-refractivity contribution in [1.29, 1.82) is 0 Å². The molecule has 0 spiro atoms. The molecule has 1 aliphatic rings. The molecule has 1 fully saturated rings. The average Bonchev–Trinajstić information content (AvgIpc) is 3.16. The first kappa shape index (κ1) is 13.7. The van der Waals surface area contributed by atoms with Crippen LogP contribution in [0, 0.1) is 5.92 Å². The molecule has 0 heterocycles. The Kier molecular flexibility index (Phi) is 4.30. The molecular weight excluding hydrogens is 238 g/mol. The minimum absolute atomic E-state index is 0.0552. The third-order valence-corrected chi connectivity index (χ3v) is 3.44. The van der Waals surface area contributed by atoms with Crippen LogP contribution in [-0.4, -0.2) is 18.5 Å². The summed E-state index contributed by atoms with van der Waals surface area (Å²) in [5.74, 6) is 0.815. The highest BCUT2D eigenvalue weighted by atomic mass is 16.1. The maximum Gasteiger partial charge on any atom is 0.251 e. The Morgan fingerprint density at radius 1 is 1.47 bits per heavy atom. The predicted molar refractivity (Wildman–Crippen MR) is 79.3 cm³/mol. The van der Waals surface area contributed by atoms with E-state index in [-0.39, 0.29) is 5.91 Å². The lowest BCUT2D eigenvalue weighted by Crippen LogP contribution is -2.23. The van der Waals surface area contributed by atoms with E-state index in [1.54, 1.807) is 12.1 Å². The molecule has 0 aromatic heterocycles. The van der Waals surface area contributed by atoms with Gasteiger partial charge in [0.05, 0.1) is 11.4 Å². The molecule has 1 aliphatic carbocycles. The van der Waals surface area contributed by atoms with E-state index in [1.165, 1.54) is 19.3 Å². The molecule has 0 bridgehead atoms. The van der Waals surface area contributed by atoms with Crippen molar-refractivity contribution >= 4 is 17.3 Å². The largest absolute Gasteiger partial charge is 0.397 e. The van der Waals surface area contributed by atoms with Gasteiger partial charge in [0.2, 0.25) is 0 Å². The van der Waals surface area contributed by atoms with Crippen molar-refractivity contribution in [1.82, 2.24) is 5.32 Å². The van der Waals surface area contributed by atoms with Crippen molar-refractivity contribution in [3.63, 3.8) is 0 Å². The van der Waals surface area contributed by atoms with Crippen molar-refractivity contribution < 1.29 is 4.79 Å². The van der Waals surface area contributed by atoms with E-state index in [2.05, 4.69) is 17.6 Å². The van der Waals surface area contributed by atoms with Gasteiger partial charge in [0.1, 0.15) is 0 Å². The van der Waals surface area contributed by atoms with E-state index in [9.17, 15) is 4.79 Å². The van der Waals surface area contributed by atoms with Gasteiger partial charge in [-0.3, -0.25) is 4.79 Å². The zero-order chi connectivity index (χ0) is 13.8. The fourth-order valence-corrected chi connectivity index (χ4v) is 2.26. The summed E-state index contributed by atoms with van der Waals surface area (Å²) in [5.41, 5.74) is 8.16. The maximum absolute atomic E-state index is 11.8. The van der Waals surface area contributed by atoms with Crippen molar-refractivity contribution in [3.8, 4) is 0 Å². The van der Waals surface area contributed by atoms with Gasteiger partial charge in [-0.05, 0) is 44.4 Å². The highest BCUT2D eigenvalue weighted by Gasteiger charge is 2.23. The van der Waals surface area contributed by atoms with Crippen LogP contribution in [0.2, 0.25) is 0 Å². The summed E-state index contributed by atoms with van der Waals surface area (Å²) < 4.78 is 0. The smallest absolute Gasteiger partial charge is 0.251 e. The van der Waals surface area contributed by atoms with Gasteiger partial charge in [0.15, 0.2) is 0 Å². The first-order valence-electron chi connectivity index (χ1n) is 7.04. The molecule has 4 N–H and O–H groups in total. The lowest BCUT2D eigenvalue weighted by Gasteiger charge is -2.17. The molecule has 4 heteroatoms. The summed E-state index contributed by atoms with van der Waals surface area (Å²) in [5, 5.41) is 6.21. The van der Waals surface area contributed by atoms with E-state index in [1.807, 2.05) is 13.0 Å². The summed E-state index contributed by atoms with van der Waals surface area (Å²) >= 11 is 0. The van der Waals surface area contributed by atoms with Gasteiger partial charge >= 0.3 is 0 Å². The number of hydrogen-bond donors (Lipinski definition) is 3. The fourth-order valence-electron chi connectivity index (χ4n) is 2.26. The zero-order valence-corrected chi connectivity index (χ0v) is 11.7. The third-order valence-electron chi connectivity index (χ3n) is 3.44. The van der Waals surface area contributed by atoms with E-state index < -0.39 is 0 Å². The summed E-state index contributed by atoms with van der Waals surface area (Å²) in [6.07, 6.45) is 3.87. The highest BCUT2D eigenvalue weighted by Crippen LogP contribution is 2.34. The number of hydrogen-bond acceptors (Lipinski definition) is 3. The summed E-state index contributed by atoms with van der Waals surface area (Å²) in [6.45, 7) is 4.70. The number of nitrogen functional groups attached to an aromatic ring is 1. The minimum atomic E-state index is -0.0552. The Morgan fingerprint density at radius 2 is 2.21 bits per heavy atom. The molecule has 0 radical (unpaired) electrons. The molecule has 4 nitrogen and oxygen atoms in total. The lowest BCUT2D eigenvalue weighted by atomic mass is 10.1. The summed E-state index contributed by atoms with van der Waals surface area (Å²) in [6, 6.07) is 5.77. The van der Waals surface area contributed by atoms with Crippen LogP contribution in [-0.2, 0) is 0 Å². The van der Waals surface area contributed by atoms with Crippen LogP contribution in [0.3, 0.4) is 0 Å². The number of benzene rings is 1. The quantitative estimate of drug-likeness (QED) is 0.690. The molecule has 104 valence electrons. The first-order chi connectivity index (χ1) is 9.10. The molecule has 1 unspecified atom stereocenters. The van der Waals surface area contributed by atoms with Crippen molar-refractivity contribution in [2.24, 2.45) is 5.92 Å². The van der Waals surface area contributed by atoms with Gasteiger partial charge in [0.25, 0.3) is 5.91 Å². The molecule has 2 rings (SSSR count). The molecule has 1 saturated carbocycles. The Bertz CT molecular complexity index is 455. The standard InChI is InChI=1S/C15H23N3O/c1-3-17-15(19)12-6-7-13(16)14(9-12)18-10(2)8-11-4-5-11/h6-7,9-11,18H,3-5,8,16H2,1-2H3,(H,17,19). The summed E-state index contributed by atoms with van der Waals surface area (Å²) in [4.78, 5) is 11.8. The van der Waals surface area contributed by atoms with E-state index in [0.29, 0.717) is 23.8 Å². The number of nitrogens with one attached hydrogen (secondary N) is 2. The van der Waals surface area contributed by atoms with Gasteiger partial charge in [-0.25, -0.2) is 0 Å². The number of rotatable bonds is 6. The first-order valence-corrected chi connectivity index (χ1v) is 7.04. The van der Waals surface area contributed by atoms with Gasteiger partial charge in [-0.2, -0.15) is 0 Å². The van der Waals surface area contributed by atoms with Gasteiger partial charge in [-0.15, -0.1) is 0 Å². The third kappa shape index (κ3) is 3.88. The van der Waals surface area contributed by atoms with Gasteiger partial charge in [-0.1, -0.05) is 12.8 Å². The molecule has 0 aliphatic heterocycles. The second kappa shape index (κ2) is 5.95. The molecule has 0 saturated heterocycles. The molecule has 1 amide bonds. The average molecular weight is 261 g/mol. The second-order valence-corrected chi connectivity index (χ2v) is 5.39. The number of nitrogens with two attached hydrogens (primary N) is 1. The molecule has 1 atom stereocenters. The topological polar surface area (TPSA) is 67.2 Å². The zero-order valence-electron chi connectivity index (χ0n) is 11.7. The number of amides is 1. The highest BCUT2D eigenvalue weighted by molar-refractivity contribution is 5.96. The Morgan fingerprint density at radius 3 is 2.84 bits per heavy atom. The summed E-state index contributed by atoms with van der Waals surface area (Å²) in [7, 11) is 0. The second-order valence-electron chi connectivity index (χ2n) is 5.39. The van der Waals surface area contributed by atoms with Gasteiger partial charge < -0.3 is 16.4 Å². The predicted octanol–water partition coefficient (Wildman–Crippen LogP) is 2.62. The SMILES string of the molecule is CCNC(=O)c1ccc(N)c(NC(C)CC2CC2)c1. The molecule has 1 aromatic rings. The van der Waals surface area contributed by atoms with Crippen LogP contribution in [0.1, 0.15) is 43.5 Å². The number of anilines is 2. The van der Waals surface area contributed by atoms with Gasteiger partial charge in [0, 0.05) is 18.2 Å².